The van der Waals surface area contributed by atoms with Crippen molar-refractivity contribution in [1.29, 1.82) is 0 Å². The number of hydrogen-bond acceptors (Lipinski definition) is 6. The first-order valence-corrected chi connectivity index (χ1v) is 16.0. The van der Waals surface area contributed by atoms with Crippen molar-refractivity contribution in [3.63, 3.8) is 0 Å². The second-order valence-corrected chi connectivity index (χ2v) is 13.4. The normalized spacial score (nSPS) is 23.7. The summed E-state index contributed by atoms with van der Waals surface area (Å²) in [5, 5.41) is 0. The van der Waals surface area contributed by atoms with Gasteiger partial charge in [0.2, 0.25) is 0 Å². The molecule has 41 heavy (non-hydrogen) atoms. The number of benzene rings is 2. The van der Waals surface area contributed by atoms with Crippen molar-refractivity contribution in [2.24, 2.45) is 16.2 Å². The number of hydrogen-bond donors (Lipinski definition) is 0. The molecule has 0 aromatic heterocycles. The van der Waals surface area contributed by atoms with Gasteiger partial charge in [-0.15, -0.1) is 0 Å². The molecule has 2 aromatic rings. The number of allylic oxidation sites excluding steroid dienone is 1. The number of rotatable bonds is 8. The molecule has 0 N–H and O–H groups in total. The van der Waals surface area contributed by atoms with E-state index in [0.29, 0.717) is 18.1 Å². The topological polar surface area (TPSA) is 68.2 Å². The van der Waals surface area contributed by atoms with E-state index in [4.69, 9.17) is 9.47 Å². The van der Waals surface area contributed by atoms with E-state index >= 15 is 0 Å². The first-order chi connectivity index (χ1) is 19.7. The lowest BCUT2D eigenvalue weighted by Crippen LogP contribution is -2.44. The van der Waals surface area contributed by atoms with Crippen LogP contribution in [0.5, 0.6) is 5.75 Å². The van der Waals surface area contributed by atoms with Gasteiger partial charge in [-0.2, -0.15) is 10.6 Å². The van der Waals surface area contributed by atoms with E-state index in [9.17, 15) is 13.4 Å². The number of carbonyl (C=O) groups is 1. The van der Waals surface area contributed by atoms with Gasteiger partial charge in [-0.1, -0.05) is 55.0 Å². The van der Waals surface area contributed by atoms with Crippen LogP contribution in [0.1, 0.15) is 66.1 Å². The zero-order valence-corrected chi connectivity index (χ0v) is 25.4. The lowest BCUT2D eigenvalue weighted by atomic mass is 9.70. The molecule has 3 aliphatic rings. The highest BCUT2D eigenvalue weighted by Gasteiger charge is 2.41. The van der Waals surface area contributed by atoms with Gasteiger partial charge >= 0.3 is 0 Å². The monoisotopic (exact) mass is 581 g/mol. The maximum atomic E-state index is 14.8. The molecule has 5 rings (SSSR count). The number of alkyl halides is 1. The van der Waals surface area contributed by atoms with Gasteiger partial charge in [0.15, 0.2) is 0 Å². The minimum Gasteiger partial charge on any atom is -0.490 e. The van der Waals surface area contributed by atoms with Crippen LogP contribution in [0, 0.1) is 18.8 Å². The molecule has 222 valence electrons. The minimum absolute atomic E-state index is 0.0340. The van der Waals surface area contributed by atoms with Gasteiger partial charge in [0.05, 0.1) is 18.4 Å². The third-order valence-electron chi connectivity index (χ3n) is 9.10. The van der Waals surface area contributed by atoms with Gasteiger partial charge in [-0.3, -0.25) is 4.79 Å². The minimum atomic E-state index is -1.84. The van der Waals surface area contributed by atoms with Crippen LogP contribution in [-0.2, 0) is 31.4 Å². The van der Waals surface area contributed by atoms with Gasteiger partial charge < -0.3 is 22.9 Å². The third-order valence-corrected chi connectivity index (χ3v) is 10.3. The number of halogens is 1. The van der Waals surface area contributed by atoms with Crippen molar-refractivity contribution >= 4 is 22.2 Å². The van der Waals surface area contributed by atoms with E-state index in [1.807, 2.05) is 7.05 Å². The van der Waals surface area contributed by atoms with Gasteiger partial charge in [0.1, 0.15) is 11.9 Å². The smallest absolute Gasteiger partial charge is 0.254 e. The largest absolute Gasteiger partial charge is 0.490 e. The van der Waals surface area contributed by atoms with Gasteiger partial charge in [0, 0.05) is 31.7 Å². The van der Waals surface area contributed by atoms with Crippen molar-refractivity contribution < 1.29 is 22.9 Å². The summed E-state index contributed by atoms with van der Waals surface area (Å²) in [5.74, 6) is 0.0117. The average molecular weight is 582 g/mol. The Morgan fingerprint density at radius 1 is 1.24 bits per heavy atom. The molecule has 0 bridgehead atoms. The Morgan fingerprint density at radius 3 is 2.78 bits per heavy atom. The number of fused-ring (bicyclic) bond motifs is 3. The molecule has 8 heteroatoms. The lowest BCUT2D eigenvalue weighted by molar-refractivity contribution is 0.0530. The number of likely N-dealkylation sites (N-methyl/N-ethyl adjacent to an activating group) is 1. The molecule has 1 fully saturated rings. The summed E-state index contributed by atoms with van der Waals surface area (Å²) in [6.07, 6.45) is 8.51. The molecule has 2 aromatic carbocycles. The van der Waals surface area contributed by atoms with E-state index in [-0.39, 0.29) is 17.3 Å². The lowest BCUT2D eigenvalue weighted by Gasteiger charge is -2.40. The summed E-state index contributed by atoms with van der Waals surface area (Å²) in [6, 6.07) is 12.0. The van der Waals surface area contributed by atoms with Crippen LogP contribution < -0.4 is 9.64 Å². The van der Waals surface area contributed by atoms with E-state index in [1.54, 1.807) is 38.3 Å². The highest BCUT2D eigenvalue weighted by Crippen LogP contribution is 2.43. The molecule has 0 unspecified atom stereocenters. The highest BCUT2D eigenvalue weighted by molar-refractivity contribution is 7.75. The Labute approximate surface area is 245 Å². The Morgan fingerprint density at radius 2 is 2.05 bits per heavy atom. The second-order valence-electron chi connectivity index (χ2n) is 12.2. The molecule has 4 atom stereocenters. The molecule has 0 saturated heterocycles. The molecule has 6 nitrogen and oxygen atoms in total. The van der Waals surface area contributed by atoms with Crippen molar-refractivity contribution in [2.45, 2.75) is 70.1 Å². The zero-order valence-electron chi connectivity index (χ0n) is 24.6. The van der Waals surface area contributed by atoms with Crippen molar-refractivity contribution in [2.75, 3.05) is 38.0 Å². The summed E-state index contributed by atoms with van der Waals surface area (Å²) in [4.78, 5) is 15.2. The Hall–Kier alpha value is -2.71. The SMILES string of the molecule is CO[C@@H](/C=C/[C@H](F)[C@H](C)C[S-](=O)=NC(=O)c1ccc2c(c1)N(C)C[C@@]1(CCCc3cc(C)ccc31)CO2)C1CCC1. The van der Waals surface area contributed by atoms with Crippen LogP contribution in [0.15, 0.2) is 52.9 Å². The first kappa shape index (κ1) is 29.8. The van der Waals surface area contributed by atoms with Gasteiger partial charge in [-0.05, 0) is 80.2 Å². The summed E-state index contributed by atoms with van der Waals surface area (Å²) in [6.45, 7) is 5.16. The Kier molecular flexibility index (Phi) is 9.19. The molecule has 1 aliphatic heterocycles. The Balaban J connectivity index is 1.26. The molecule has 2 aliphatic carbocycles. The van der Waals surface area contributed by atoms with E-state index in [2.05, 4.69) is 34.4 Å². The van der Waals surface area contributed by atoms with Gasteiger partial charge in [0.25, 0.3) is 5.91 Å². The predicted octanol–water partition coefficient (Wildman–Crippen LogP) is 6.73. The van der Waals surface area contributed by atoms with E-state index in [1.165, 1.54) is 29.2 Å². The van der Waals surface area contributed by atoms with Crippen LogP contribution in [-0.4, -0.2) is 51.2 Å². The third kappa shape index (κ3) is 6.54. The number of ether oxygens (including phenoxy) is 2. The molecule has 1 saturated carbocycles. The summed E-state index contributed by atoms with van der Waals surface area (Å²) < 4.78 is 43.3. The number of methoxy groups -OCH3 is 1. The van der Waals surface area contributed by atoms with Crippen LogP contribution in [0.2, 0.25) is 0 Å². The second kappa shape index (κ2) is 12.7. The highest BCUT2D eigenvalue weighted by atomic mass is 32.2. The fourth-order valence-electron chi connectivity index (χ4n) is 6.49. The molecular weight excluding hydrogens is 539 g/mol. The molecule has 0 radical (unpaired) electrons. The standard InChI is InChI=1S/C33H42FN2O4S/c1-22-10-12-27-25(17-22)9-6-16-33(27)20-36(3)29-18-26(11-14-31(29)40-21-33)32(37)35-41(38)19-23(2)28(34)13-15-30(39-4)24-7-5-8-24/h10-15,17-18,23-24,28,30H,5-9,16,19-21H2,1-4H3/q-1/b15-13+/t23-,28+,30+,33+/m1/s1. The molecule has 1 heterocycles. The molecular formula is C33H42FN2O4S-. The number of amides is 1. The first-order valence-electron chi connectivity index (χ1n) is 14.8. The van der Waals surface area contributed by atoms with Crippen molar-refractivity contribution in [3.05, 3.63) is 70.8 Å². The van der Waals surface area contributed by atoms with E-state index < -0.39 is 28.6 Å². The van der Waals surface area contributed by atoms with Crippen molar-refractivity contribution in [3.8, 4) is 5.75 Å². The van der Waals surface area contributed by atoms with Crippen LogP contribution in [0.25, 0.3) is 0 Å². The maximum Gasteiger partial charge on any atom is 0.254 e. The zero-order chi connectivity index (χ0) is 29.1. The van der Waals surface area contributed by atoms with Crippen molar-refractivity contribution in [1.82, 2.24) is 0 Å². The van der Waals surface area contributed by atoms with Crippen LogP contribution in [0.4, 0.5) is 10.1 Å². The maximum absolute atomic E-state index is 14.8. The summed E-state index contributed by atoms with van der Waals surface area (Å²) in [5.41, 5.74) is 5.05. The van der Waals surface area contributed by atoms with Crippen LogP contribution in [0.3, 0.4) is 0 Å². The summed E-state index contributed by atoms with van der Waals surface area (Å²) >= 11 is 0. The number of aryl methyl sites for hydroxylation is 2. The number of nitrogens with zero attached hydrogens (tertiary/aromatic N) is 2. The predicted molar refractivity (Wildman–Crippen MR) is 162 cm³/mol. The summed E-state index contributed by atoms with van der Waals surface area (Å²) in [7, 11) is 1.83. The van der Waals surface area contributed by atoms with Crippen LogP contribution >= 0.6 is 0 Å². The van der Waals surface area contributed by atoms with Gasteiger partial charge in [-0.25, -0.2) is 4.39 Å². The van der Waals surface area contributed by atoms with E-state index in [0.717, 1.165) is 50.1 Å². The Bertz CT molecular complexity index is 1380. The fraction of sp³-hybridized carbons (Fsp3) is 0.545. The quantitative estimate of drug-likeness (QED) is 0.255. The molecule has 1 spiro atoms. The number of anilines is 1. The fourth-order valence-corrected chi connectivity index (χ4v) is 7.48. The average Bonchev–Trinajstić information content (AvgIpc) is 3.05. The number of carbonyl (C=O) groups excluding carboxylic acids is 1. The molecule has 1 amide bonds.